The number of fused-ring (bicyclic) bond motifs is 20. The number of Topliss-reactive ketones (excluding diaryl/α,β-unsaturated/α-hetero) is 1. The highest BCUT2D eigenvalue weighted by Gasteiger charge is 2.71. The average Bonchev–Trinajstić information content (AvgIpc) is 1.37. The maximum atomic E-state index is 13.9. The van der Waals surface area contributed by atoms with Crippen LogP contribution >= 0.6 is 0 Å². The molecular weight excluding hydrogens is 1510 g/mol. The maximum Gasteiger partial charge on any atom is 0.303 e. The summed E-state index contributed by atoms with van der Waals surface area (Å²) >= 11 is 0. The Morgan fingerprint density at radius 3 is 0.767 bits per heavy atom. The summed E-state index contributed by atoms with van der Waals surface area (Å²) in [6.45, 7) is 37.6. The van der Waals surface area contributed by atoms with Gasteiger partial charge < -0.3 is 56.2 Å². The number of carboxylic acid groups (broad SMARTS) is 4. The van der Waals surface area contributed by atoms with Crippen LogP contribution in [0.1, 0.15) is 368 Å². The molecule has 16 heteroatoms. The van der Waals surface area contributed by atoms with Crippen molar-refractivity contribution in [3.8, 4) is 0 Å². The summed E-state index contributed by atoms with van der Waals surface area (Å²) in [6, 6.07) is 0. The highest BCUT2D eigenvalue weighted by atomic mass is 16.4. The highest BCUT2D eigenvalue weighted by Crippen LogP contribution is 2.75. The van der Waals surface area contributed by atoms with Crippen molar-refractivity contribution in [3.05, 3.63) is 0 Å². The van der Waals surface area contributed by atoms with Crippen molar-refractivity contribution in [1.29, 1.82) is 0 Å². The monoisotopic (exact) mass is 1680 g/mol. The molecule has 20 unspecified atom stereocenters. The predicted octanol–water partition coefficient (Wildman–Crippen LogP) is 20.7. The second-order valence-electron chi connectivity index (χ2n) is 47.9. The van der Waals surface area contributed by atoms with E-state index in [1.807, 2.05) is 0 Å². The van der Waals surface area contributed by atoms with Gasteiger partial charge in [-0.3, -0.25) is 24.0 Å². The summed E-state index contributed by atoms with van der Waals surface area (Å²) in [7, 11) is 0. The molecule has 0 saturated heterocycles. The maximum absolute atomic E-state index is 13.9. The lowest BCUT2D eigenvalue weighted by Gasteiger charge is -2.64. The molecule has 16 rings (SSSR count). The summed E-state index contributed by atoms with van der Waals surface area (Å²) in [5.41, 5.74) is 1.80. The van der Waals surface area contributed by atoms with E-state index >= 15 is 0 Å². The van der Waals surface area contributed by atoms with E-state index in [1.54, 1.807) is 0 Å². The molecule has 16 aliphatic carbocycles. The Kier molecular flexibility index (Phi) is 29.0. The van der Waals surface area contributed by atoms with Gasteiger partial charge in [-0.25, -0.2) is 0 Å². The van der Waals surface area contributed by atoms with E-state index in [9.17, 15) is 59.7 Å². The van der Waals surface area contributed by atoms with E-state index in [1.165, 1.54) is 83.5 Å². The van der Waals surface area contributed by atoms with Crippen molar-refractivity contribution < 1.29 is 80.1 Å². The van der Waals surface area contributed by atoms with E-state index in [-0.39, 0.29) is 124 Å². The van der Waals surface area contributed by atoms with Gasteiger partial charge >= 0.3 is 23.9 Å². The molecule has 686 valence electrons. The Morgan fingerprint density at radius 2 is 0.508 bits per heavy atom. The zero-order valence-corrected chi connectivity index (χ0v) is 78.0. The average molecular weight is 1680 g/mol. The fraction of sp³-hybridized carbons (Fsp3) is 0.952. The van der Waals surface area contributed by atoms with Crippen LogP contribution in [-0.4, -0.2) is 129 Å². The van der Waals surface area contributed by atoms with Gasteiger partial charge in [-0.1, -0.05) is 130 Å². The molecule has 0 aromatic heterocycles. The van der Waals surface area contributed by atoms with Gasteiger partial charge in [0.05, 0.1) is 42.7 Å². The third kappa shape index (κ3) is 16.6. The second-order valence-corrected chi connectivity index (χ2v) is 47.9. The summed E-state index contributed by atoms with van der Waals surface area (Å²) in [6.07, 6.45) is 36.8. The number of aliphatic carboxylic acids is 4. The Bertz CT molecular complexity index is 3270. The Labute approximate surface area is 725 Å². The van der Waals surface area contributed by atoms with Crippen LogP contribution in [0.4, 0.5) is 0 Å². The molecule has 16 aliphatic rings. The number of carbonyl (C=O) groups is 5. The number of carboxylic acids is 4. The number of carbonyl (C=O) groups excluding carboxylic acids is 1. The Morgan fingerprint density at radius 1 is 0.292 bits per heavy atom. The van der Waals surface area contributed by atoms with E-state index < -0.39 is 23.9 Å². The molecule has 0 bridgehead atoms. The van der Waals surface area contributed by atoms with E-state index in [0.29, 0.717) is 160 Å². The summed E-state index contributed by atoms with van der Waals surface area (Å²) in [5.74, 6) is 10.0. The minimum atomic E-state index is -0.697. The molecule has 16 saturated carbocycles. The second kappa shape index (κ2) is 36.7. The topological polar surface area (TPSA) is 308 Å². The molecule has 43 atom stereocenters. The Hall–Kier alpha value is -2.73. The number of aliphatic hydroxyl groups excluding tert-OH is 7. The molecule has 0 radical (unpaired) electrons. The molecule has 16 nitrogen and oxygen atoms in total. The van der Waals surface area contributed by atoms with Gasteiger partial charge in [-0.2, -0.15) is 0 Å². The van der Waals surface area contributed by atoms with E-state index in [4.69, 9.17) is 20.4 Å². The third-order valence-electron chi connectivity index (χ3n) is 43.6. The van der Waals surface area contributed by atoms with Crippen LogP contribution in [0.2, 0.25) is 0 Å². The van der Waals surface area contributed by atoms with E-state index in [2.05, 4.69) is 111 Å². The van der Waals surface area contributed by atoms with Gasteiger partial charge in [0.15, 0.2) is 0 Å². The quantitative estimate of drug-likeness (QED) is 0.0540. The van der Waals surface area contributed by atoms with Gasteiger partial charge in [0.2, 0.25) is 0 Å². The first-order valence-corrected chi connectivity index (χ1v) is 50.7. The van der Waals surface area contributed by atoms with Gasteiger partial charge in [0.1, 0.15) is 5.78 Å². The van der Waals surface area contributed by atoms with Crippen molar-refractivity contribution in [3.63, 3.8) is 0 Å². The molecule has 16 fully saturated rings. The summed E-state index contributed by atoms with van der Waals surface area (Å²) in [4.78, 5) is 58.4. The molecule has 0 aliphatic heterocycles. The van der Waals surface area contributed by atoms with Crippen molar-refractivity contribution >= 4 is 29.7 Å². The fourth-order valence-corrected chi connectivity index (χ4v) is 37.6. The lowest BCUT2D eigenvalue weighted by atomic mass is 9.41. The van der Waals surface area contributed by atoms with Crippen LogP contribution in [0.5, 0.6) is 0 Å². The van der Waals surface area contributed by atoms with Crippen LogP contribution in [0, 0.1) is 209 Å². The number of hydrogen-bond acceptors (Lipinski definition) is 12. The molecular formula is C104H174O16. The van der Waals surface area contributed by atoms with Crippen LogP contribution in [-0.2, 0) is 24.0 Å². The van der Waals surface area contributed by atoms with Crippen LogP contribution < -0.4 is 0 Å². The van der Waals surface area contributed by atoms with Gasteiger partial charge in [0.25, 0.3) is 0 Å². The van der Waals surface area contributed by atoms with Crippen LogP contribution in [0.25, 0.3) is 0 Å². The smallest absolute Gasteiger partial charge is 0.303 e. The van der Waals surface area contributed by atoms with Crippen molar-refractivity contribution in [1.82, 2.24) is 0 Å². The number of aliphatic hydroxyl groups is 7. The molecule has 0 aromatic carbocycles. The molecule has 11 N–H and O–H groups in total. The first-order valence-electron chi connectivity index (χ1n) is 50.7. The first kappa shape index (κ1) is 94.9. The van der Waals surface area contributed by atoms with E-state index in [0.717, 1.165) is 148 Å². The molecule has 120 heavy (non-hydrogen) atoms. The number of ketones is 1. The number of hydrogen-bond donors (Lipinski definition) is 11. The third-order valence-corrected chi connectivity index (χ3v) is 43.6. The molecule has 0 aromatic rings. The minimum absolute atomic E-state index is 0.108. The fourth-order valence-electron chi connectivity index (χ4n) is 37.6. The largest absolute Gasteiger partial charge is 0.481 e. The van der Waals surface area contributed by atoms with Gasteiger partial charge in [-0.05, 0) is 409 Å². The van der Waals surface area contributed by atoms with Crippen molar-refractivity contribution in [2.24, 2.45) is 209 Å². The SMILES string of the molecule is CC[C@@H]1C2C[C@H](O)CC[C@]2(C)C2CC[C@@]3(C)C(CCC3[C@H](C)CCC(=O)O)C2[C@@H]1O.CC[C@@H]1C2C[C@H](O)CC[C@]2(C)C2CC[C@@]3(C)C(CCC3[C@H](C)CCC(=O)O)C2[C@@H]1O.CC[C@@H]1C2C[C@H](O)CC[C@]2(C)C2CC[C@@]3(C)C(CCC3[C@H](C)CCC(=O)O)C2[C@@H]1O.CC[C@H]1C(=O)C2C3CCC([C@H](C)CCC(=O)O)[C@@]3(C)CCC2[C@@]2(C)CC[C@@H](O)CC12. The van der Waals surface area contributed by atoms with Crippen molar-refractivity contribution in [2.75, 3.05) is 0 Å². The Balaban J connectivity index is 0.000000138. The van der Waals surface area contributed by atoms with Crippen molar-refractivity contribution in [2.45, 2.75) is 410 Å². The van der Waals surface area contributed by atoms with Crippen LogP contribution in [0.3, 0.4) is 0 Å². The van der Waals surface area contributed by atoms with Gasteiger partial charge in [-0.15, -0.1) is 0 Å². The zero-order valence-electron chi connectivity index (χ0n) is 78.0. The van der Waals surface area contributed by atoms with Gasteiger partial charge in [0, 0.05) is 37.5 Å². The normalized spacial score (nSPS) is 50.9. The van der Waals surface area contributed by atoms with Crippen LogP contribution in [0.15, 0.2) is 0 Å². The minimum Gasteiger partial charge on any atom is -0.481 e. The lowest BCUT2D eigenvalue weighted by molar-refractivity contribution is -0.203. The molecule has 0 spiro atoms. The highest BCUT2D eigenvalue weighted by molar-refractivity contribution is 5.86. The molecule has 0 heterocycles. The standard InChI is InChI=1S/3C26H44O4.C26H42O4/c4*1-5-17-21-14-16(27)10-12-26(21,4)20-11-13-25(3)18(15(2)6-9-22(28)29)7-8-19(25)23(20)24(17)30/h3*15-21,23-24,27,30H,5-14H2,1-4H3,(H,28,29);15-21,23,27H,5-14H2,1-4H3,(H,28,29)/t3*15-,16-,17-,18?,19?,20?,21?,23?,24-,25-,26-;15-,16-,17-,18?,19?,20?,21?,23?,25-,26-/m1111/s1. The predicted molar refractivity (Wildman–Crippen MR) is 470 cm³/mol. The molecule has 0 amide bonds. The summed E-state index contributed by atoms with van der Waals surface area (Å²) < 4.78 is 0. The number of rotatable bonds is 20. The first-order chi connectivity index (χ1) is 56.5. The lowest BCUT2D eigenvalue weighted by Crippen LogP contribution is -2.62. The summed E-state index contributed by atoms with van der Waals surface area (Å²) in [5, 5.41) is 113. The zero-order chi connectivity index (χ0) is 87.4.